The molecule has 1 atom stereocenters. The number of anilines is 1. The molecule has 0 aromatic heterocycles. The van der Waals surface area contributed by atoms with Crippen LogP contribution in [-0.2, 0) is 14.3 Å². The number of rotatable bonds is 5. The number of Topliss-reactive ketones (excluding diaryl/α,β-unsaturated/α-hetero) is 1. The fourth-order valence-corrected chi connectivity index (χ4v) is 2.10. The van der Waals surface area contributed by atoms with Gasteiger partial charge in [0.25, 0.3) is 0 Å². The normalized spacial score (nSPS) is 16.8. The maximum absolute atomic E-state index is 12.0. The summed E-state index contributed by atoms with van der Waals surface area (Å²) in [5.74, 6) is -1.24. The van der Waals surface area contributed by atoms with E-state index in [2.05, 4.69) is 5.32 Å². The van der Waals surface area contributed by atoms with E-state index in [0.717, 1.165) is 11.3 Å². The van der Waals surface area contributed by atoms with Crippen molar-refractivity contribution < 1.29 is 19.1 Å². The van der Waals surface area contributed by atoms with Crippen molar-refractivity contribution in [3.8, 4) is 0 Å². The first kappa shape index (κ1) is 15.7. The molecule has 114 valence electrons. The van der Waals surface area contributed by atoms with E-state index in [1.54, 1.807) is 43.4 Å². The molecule has 0 fully saturated rings. The lowest BCUT2D eigenvalue weighted by Gasteiger charge is -2.05. The van der Waals surface area contributed by atoms with E-state index < -0.39 is 5.97 Å². The Balaban J connectivity index is 2.00. The lowest BCUT2D eigenvalue weighted by Crippen LogP contribution is -2.12. The van der Waals surface area contributed by atoms with Crippen LogP contribution in [0.15, 0.2) is 42.5 Å². The molecule has 2 rings (SSSR count). The molecule has 0 aliphatic carbocycles. The van der Waals surface area contributed by atoms with Gasteiger partial charge < -0.3 is 10.1 Å². The van der Waals surface area contributed by atoms with Crippen molar-refractivity contribution in [1.29, 1.82) is 0 Å². The van der Waals surface area contributed by atoms with Gasteiger partial charge in [-0.2, -0.15) is 0 Å². The molecule has 22 heavy (non-hydrogen) atoms. The van der Waals surface area contributed by atoms with Crippen molar-refractivity contribution in [2.75, 3.05) is 11.9 Å². The SMILES string of the molecule is C/C=C/C=C/C(=O)OCC(=O)c1ccc2c(c1)[C@@H](C)C(=O)N2. The summed E-state index contributed by atoms with van der Waals surface area (Å²) in [7, 11) is 0. The number of fused-ring (bicyclic) bond motifs is 1. The Morgan fingerprint density at radius 1 is 1.32 bits per heavy atom. The molecule has 1 aliphatic heterocycles. The van der Waals surface area contributed by atoms with Crippen LogP contribution in [0, 0.1) is 0 Å². The summed E-state index contributed by atoms with van der Waals surface area (Å²) in [5.41, 5.74) is 1.93. The van der Waals surface area contributed by atoms with Gasteiger partial charge in [0, 0.05) is 17.3 Å². The minimum absolute atomic E-state index is 0.0832. The summed E-state index contributed by atoms with van der Waals surface area (Å²) in [6, 6.07) is 4.98. The molecule has 1 aromatic rings. The number of nitrogens with one attached hydrogen (secondary N) is 1. The average Bonchev–Trinajstić information content (AvgIpc) is 2.79. The quantitative estimate of drug-likeness (QED) is 0.392. The van der Waals surface area contributed by atoms with E-state index in [-0.39, 0.29) is 24.2 Å². The topological polar surface area (TPSA) is 72.5 Å². The Morgan fingerprint density at radius 3 is 2.82 bits per heavy atom. The number of esters is 1. The van der Waals surface area contributed by atoms with Crippen LogP contribution in [0.2, 0.25) is 0 Å². The highest BCUT2D eigenvalue weighted by Gasteiger charge is 2.27. The van der Waals surface area contributed by atoms with Gasteiger partial charge in [0.15, 0.2) is 12.4 Å². The Morgan fingerprint density at radius 2 is 2.09 bits per heavy atom. The predicted molar refractivity (Wildman–Crippen MR) is 82.7 cm³/mol. The highest BCUT2D eigenvalue weighted by Crippen LogP contribution is 2.32. The van der Waals surface area contributed by atoms with Gasteiger partial charge >= 0.3 is 5.97 Å². The van der Waals surface area contributed by atoms with Crippen molar-refractivity contribution in [3.05, 3.63) is 53.6 Å². The van der Waals surface area contributed by atoms with Crippen molar-refractivity contribution in [1.82, 2.24) is 0 Å². The van der Waals surface area contributed by atoms with Gasteiger partial charge in [-0.25, -0.2) is 4.79 Å². The molecule has 0 radical (unpaired) electrons. The molecule has 5 nitrogen and oxygen atoms in total. The number of amides is 1. The number of hydrogen-bond acceptors (Lipinski definition) is 4. The predicted octanol–water partition coefficient (Wildman–Crippen LogP) is 2.60. The Labute approximate surface area is 128 Å². The van der Waals surface area contributed by atoms with Gasteiger partial charge in [0.1, 0.15) is 0 Å². The third-order valence-electron chi connectivity index (χ3n) is 3.37. The van der Waals surface area contributed by atoms with E-state index in [0.29, 0.717) is 5.56 Å². The number of allylic oxidation sites excluding steroid dienone is 3. The summed E-state index contributed by atoms with van der Waals surface area (Å²) >= 11 is 0. The number of hydrogen-bond donors (Lipinski definition) is 1. The van der Waals surface area contributed by atoms with Gasteiger partial charge in [-0.15, -0.1) is 0 Å². The molecule has 0 spiro atoms. The van der Waals surface area contributed by atoms with Crippen molar-refractivity contribution in [2.45, 2.75) is 19.8 Å². The number of carbonyl (C=O) groups is 3. The van der Waals surface area contributed by atoms with Crippen LogP contribution in [-0.4, -0.2) is 24.3 Å². The van der Waals surface area contributed by atoms with Gasteiger partial charge in [0.2, 0.25) is 5.91 Å². The first-order chi connectivity index (χ1) is 10.5. The molecule has 0 unspecified atom stereocenters. The summed E-state index contributed by atoms with van der Waals surface area (Å²) < 4.78 is 4.88. The number of ketones is 1. The monoisotopic (exact) mass is 299 g/mol. The zero-order valence-electron chi connectivity index (χ0n) is 12.5. The molecule has 1 aliphatic rings. The Hall–Kier alpha value is -2.69. The Bertz CT molecular complexity index is 673. The van der Waals surface area contributed by atoms with Gasteiger partial charge in [-0.05, 0) is 37.6 Å². The molecular formula is C17H17NO4. The number of ether oxygens (including phenoxy) is 1. The van der Waals surface area contributed by atoms with Crippen LogP contribution in [0.4, 0.5) is 5.69 Å². The third-order valence-corrected chi connectivity index (χ3v) is 3.37. The molecule has 1 amide bonds. The minimum Gasteiger partial charge on any atom is -0.454 e. The lowest BCUT2D eigenvalue weighted by atomic mass is 9.99. The molecule has 0 bridgehead atoms. The highest BCUT2D eigenvalue weighted by atomic mass is 16.5. The van der Waals surface area contributed by atoms with E-state index >= 15 is 0 Å². The van der Waals surface area contributed by atoms with E-state index in [9.17, 15) is 14.4 Å². The van der Waals surface area contributed by atoms with Crippen LogP contribution < -0.4 is 5.32 Å². The second kappa shape index (κ2) is 6.85. The molecule has 0 saturated heterocycles. The summed E-state index contributed by atoms with van der Waals surface area (Å²) in [6.45, 7) is 3.28. The number of benzene rings is 1. The van der Waals surface area contributed by atoms with Crippen molar-refractivity contribution >= 4 is 23.3 Å². The van der Waals surface area contributed by atoms with Crippen LogP contribution in [0.5, 0.6) is 0 Å². The van der Waals surface area contributed by atoms with Crippen LogP contribution >= 0.6 is 0 Å². The molecule has 5 heteroatoms. The van der Waals surface area contributed by atoms with Crippen molar-refractivity contribution in [2.24, 2.45) is 0 Å². The Kier molecular flexibility index (Phi) is 4.88. The van der Waals surface area contributed by atoms with Crippen LogP contribution in [0.3, 0.4) is 0 Å². The smallest absolute Gasteiger partial charge is 0.331 e. The summed E-state index contributed by atoms with van der Waals surface area (Å²) in [5, 5.41) is 2.74. The summed E-state index contributed by atoms with van der Waals surface area (Å²) in [6.07, 6.45) is 6.26. The van der Waals surface area contributed by atoms with Gasteiger partial charge in [0.05, 0.1) is 5.92 Å². The highest BCUT2D eigenvalue weighted by molar-refractivity contribution is 6.05. The zero-order chi connectivity index (χ0) is 16.1. The first-order valence-corrected chi connectivity index (χ1v) is 6.97. The van der Waals surface area contributed by atoms with Crippen LogP contribution in [0.1, 0.15) is 35.7 Å². The number of carbonyl (C=O) groups excluding carboxylic acids is 3. The average molecular weight is 299 g/mol. The second-order valence-corrected chi connectivity index (χ2v) is 4.93. The molecule has 1 heterocycles. The largest absolute Gasteiger partial charge is 0.454 e. The standard InChI is InChI=1S/C17H17NO4/c1-3-4-5-6-16(20)22-10-15(19)12-7-8-14-13(9-12)11(2)17(21)18-14/h3-9,11H,10H2,1-2H3,(H,18,21)/b4-3+,6-5+/t11-/m1/s1. The molecule has 0 saturated carbocycles. The van der Waals surface area contributed by atoms with E-state index in [1.807, 2.05) is 6.92 Å². The van der Waals surface area contributed by atoms with Crippen LogP contribution in [0.25, 0.3) is 0 Å². The fraction of sp³-hybridized carbons (Fsp3) is 0.235. The second-order valence-electron chi connectivity index (χ2n) is 4.93. The summed E-state index contributed by atoms with van der Waals surface area (Å²) in [4.78, 5) is 35.0. The third kappa shape index (κ3) is 3.49. The molecule has 1 N–H and O–H groups in total. The van der Waals surface area contributed by atoms with E-state index in [1.165, 1.54) is 6.08 Å². The van der Waals surface area contributed by atoms with Gasteiger partial charge in [-0.3, -0.25) is 9.59 Å². The lowest BCUT2D eigenvalue weighted by molar-refractivity contribution is -0.136. The maximum atomic E-state index is 12.0. The minimum atomic E-state index is -0.571. The molecule has 1 aromatic carbocycles. The van der Waals surface area contributed by atoms with Crippen molar-refractivity contribution in [3.63, 3.8) is 0 Å². The van der Waals surface area contributed by atoms with E-state index in [4.69, 9.17) is 4.74 Å². The fourth-order valence-electron chi connectivity index (χ4n) is 2.10. The first-order valence-electron chi connectivity index (χ1n) is 6.97. The molecular weight excluding hydrogens is 282 g/mol. The maximum Gasteiger partial charge on any atom is 0.331 e. The zero-order valence-corrected chi connectivity index (χ0v) is 12.5. The van der Waals surface area contributed by atoms with Gasteiger partial charge in [-0.1, -0.05) is 18.2 Å².